The molecule has 7 N–H and O–H groups in total. The molecule has 196 valence electrons. The summed E-state index contributed by atoms with van der Waals surface area (Å²) in [6.07, 6.45) is 0. The summed E-state index contributed by atoms with van der Waals surface area (Å²) in [5, 5.41) is 77.4. The average molecular weight is 481 g/mol. The van der Waals surface area contributed by atoms with Crippen LogP contribution in [-0.2, 0) is 14.2 Å². The van der Waals surface area contributed by atoms with E-state index in [-0.39, 0.29) is 0 Å². The van der Waals surface area contributed by atoms with Crippen molar-refractivity contribution in [3.8, 4) is 0 Å². The van der Waals surface area contributed by atoms with Crippen molar-refractivity contribution in [1.29, 1.82) is 0 Å². The van der Waals surface area contributed by atoms with Gasteiger partial charge in [-0.3, -0.25) is 0 Å². The molecule has 0 radical (unpaired) electrons. The summed E-state index contributed by atoms with van der Waals surface area (Å²) in [4.78, 5) is 0. The second-order valence-corrected chi connectivity index (χ2v) is 12.0. The molecule has 0 bridgehead atoms. The largest absolute Gasteiger partial charge is 0.393 e. The number of aliphatic hydroxyl groups excluding tert-OH is 1. The smallest absolute Gasteiger partial charge is 0.198 e. The predicted molar refractivity (Wildman–Crippen MR) is 118 cm³/mol. The van der Waals surface area contributed by atoms with E-state index in [1.54, 1.807) is 13.8 Å². The molecule has 10 nitrogen and oxygen atoms in total. The molecule has 0 aromatic rings. The molecule has 2 saturated heterocycles. The normalized spacial score (nSPS) is 59.5. The topological polar surface area (TPSA) is 169 Å². The van der Waals surface area contributed by atoms with E-state index in [1.807, 2.05) is 0 Å². The third kappa shape index (κ3) is 3.16. The first-order valence-electron chi connectivity index (χ1n) is 11.2. The van der Waals surface area contributed by atoms with Gasteiger partial charge in [-0.05, 0) is 76.2 Å². The quantitative estimate of drug-likeness (QED) is 0.280. The van der Waals surface area contributed by atoms with E-state index >= 15 is 0 Å². The van der Waals surface area contributed by atoms with Crippen LogP contribution in [0.5, 0.6) is 0 Å². The SMILES string of the molecule is CC1(C)OC(C)(CO[C@@]2(C)OC(C)(CO)[C@](C)(O)[C@](C)(O)C2(C)O)[C@@](C)(O)[C@@](C)(O)C1(C)O. The molecule has 2 aliphatic heterocycles. The molecule has 0 aromatic heterocycles. The van der Waals surface area contributed by atoms with Gasteiger partial charge < -0.3 is 50.0 Å². The minimum absolute atomic E-state index is 0.470. The van der Waals surface area contributed by atoms with Gasteiger partial charge in [0.15, 0.2) is 5.79 Å². The van der Waals surface area contributed by atoms with Crippen LogP contribution in [0.3, 0.4) is 0 Å². The van der Waals surface area contributed by atoms with Gasteiger partial charge >= 0.3 is 0 Å². The van der Waals surface area contributed by atoms with Gasteiger partial charge in [-0.15, -0.1) is 0 Å². The van der Waals surface area contributed by atoms with Crippen molar-refractivity contribution in [2.24, 2.45) is 0 Å². The molecular formula is C23H44O10. The van der Waals surface area contributed by atoms with Gasteiger partial charge in [-0.25, -0.2) is 0 Å². The summed E-state index contributed by atoms with van der Waals surface area (Å²) >= 11 is 0. The standard InChI is InChI=1S/C23H44O10/c1-14(2)17(5,25)20(8,28)19(7,27)16(4,32-14)13-31-23(11)22(10,30)21(9,29)18(6,26)15(3,12-24)33-23/h24-30H,12-13H2,1-11H3/t15?,16?,17?,18-,19+,20-,21-,22?,23-/m0/s1. The van der Waals surface area contributed by atoms with E-state index < -0.39 is 69.4 Å². The highest BCUT2D eigenvalue weighted by Crippen LogP contribution is 2.56. The van der Waals surface area contributed by atoms with Gasteiger partial charge in [-0.1, -0.05) is 0 Å². The Morgan fingerprint density at radius 3 is 1.33 bits per heavy atom. The van der Waals surface area contributed by atoms with Crippen LogP contribution in [0.2, 0.25) is 0 Å². The molecule has 10 heteroatoms. The second kappa shape index (κ2) is 7.09. The second-order valence-electron chi connectivity index (χ2n) is 12.0. The fraction of sp³-hybridized carbons (Fsp3) is 1.00. The number of hydrogen-bond acceptors (Lipinski definition) is 10. The lowest BCUT2D eigenvalue weighted by atomic mass is 9.58. The lowest BCUT2D eigenvalue weighted by Crippen LogP contribution is -2.86. The summed E-state index contributed by atoms with van der Waals surface area (Å²) < 4.78 is 18.1. The molecule has 2 fully saturated rings. The van der Waals surface area contributed by atoms with Crippen molar-refractivity contribution in [2.75, 3.05) is 13.2 Å². The van der Waals surface area contributed by atoms with Gasteiger partial charge in [0.1, 0.15) is 44.8 Å². The highest BCUT2D eigenvalue weighted by atomic mass is 16.7. The Kier molecular flexibility index (Phi) is 6.20. The first kappa shape index (κ1) is 28.8. The summed E-state index contributed by atoms with van der Waals surface area (Å²) in [6, 6.07) is 0. The number of hydrogen-bond donors (Lipinski definition) is 7. The fourth-order valence-corrected chi connectivity index (χ4v) is 5.20. The molecule has 0 saturated carbocycles. The van der Waals surface area contributed by atoms with Gasteiger partial charge in [0.05, 0.1) is 18.8 Å². The van der Waals surface area contributed by atoms with Gasteiger partial charge in [0.25, 0.3) is 0 Å². The van der Waals surface area contributed by atoms with Gasteiger partial charge in [0.2, 0.25) is 0 Å². The van der Waals surface area contributed by atoms with E-state index in [0.29, 0.717) is 0 Å². The zero-order valence-electron chi connectivity index (χ0n) is 21.8. The third-order valence-electron chi connectivity index (χ3n) is 9.73. The molecule has 0 spiro atoms. The summed E-state index contributed by atoms with van der Waals surface area (Å²) in [6.45, 7) is 13.8. The molecule has 4 unspecified atom stereocenters. The molecule has 0 aromatic carbocycles. The maximum atomic E-state index is 11.4. The van der Waals surface area contributed by atoms with Crippen molar-refractivity contribution >= 4 is 0 Å². The van der Waals surface area contributed by atoms with Crippen LogP contribution < -0.4 is 0 Å². The van der Waals surface area contributed by atoms with Crippen LogP contribution in [-0.4, -0.2) is 105 Å². The zero-order chi connectivity index (χ0) is 26.5. The van der Waals surface area contributed by atoms with Gasteiger partial charge in [0, 0.05) is 0 Å². The number of aliphatic hydroxyl groups is 7. The van der Waals surface area contributed by atoms with Crippen molar-refractivity contribution in [3.05, 3.63) is 0 Å². The molecule has 33 heavy (non-hydrogen) atoms. The molecule has 2 heterocycles. The van der Waals surface area contributed by atoms with Crippen LogP contribution in [0.15, 0.2) is 0 Å². The van der Waals surface area contributed by atoms with Crippen LogP contribution in [0.4, 0.5) is 0 Å². The molecule has 0 amide bonds. The Labute approximate surface area is 196 Å². The van der Waals surface area contributed by atoms with E-state index in [0.717, 1.165) is 0 Å². The van der Waals surface area contributed by atoms with E-state index in [1.165, 1.54) is 62.3 Å². The predicted octanol–water partition coefficient (Wildman–Crippen LogP) is -0.426. The Morgan fingerprint density at radius 1 is 0.515 bits per heavy atom. The Morgan fingerprint density at radius 2 is 0.909 bits per heavy atom. The van der Waals surface area contributed by atoms with E-state index in [9.17, 15) is 35.7 Å². The van der Waals surface area contributed by atoms with Crippen LogP contribution in [0, 0.1) is 0 Å². The Hall–Kier alpha value is -0.400. The van der Waals surface area contributed by atoms with Crippen molar-refractivity contribution in [2.45, 2.75) is 132 Å². The molecular weight excluding hydrogens is 436 g/mol. The fourth-order valence-electron chi connectivity index (χ4n) is 5.20. The average Bonchev–Trinajstić information content (AvgIpc) is 2.63. The highest BCUT2D eigenvalue weighted by Gasteiger charge is 2.76. The lowest BCUT2D eigenvalue weighted by molar-refractivity contribution is -0.469. The first-order valence-corrected chi connectivity index (χ1v) is 11.2. The molecule has 0 aliphatic carbocycles. The highest BCUT2D eigenvalue weighted by molar-refractivity contribution is 5.24. The number of rotatable bonds is 4. The summed E-state index contributed by atoms with van der Waals surface area (Å²) in [7, 11) is 0. The Balaban J connectivity index is 2.55. The minimum Gasteiger partial charge on any atom is -0.393 e. The number of ether oxygens (including phenoxy) is 3. The molecule has 2 rings (SSSR count). The minimum atomic E-state index is -2.23. The summed E-state index contributed by atoms with van der Waals surface area (Å²) in [5.74, 6) is -2.02. The molecule has 2 aliphatic rings. The summed E-state index contributed by atoms with van der Waals surface area (Å²) in [5.41, 5.74) is -17.3. The maximum absolute atomic E-state index is 11.4. The maximum Gasteiger partial charge on any atom is 0.198 e. The van der Waals surface area contributed by atoms with Crippen LogP contribution in [0.25, 0.3) is 0 Å². The van der Waals surface area contributed by atoms with Crippen molar-refractivity contribution in [1.82, 2.24) is 0 Å². The lowest BCUT2D eigenvalue weighted by Gasteiger charge is -2.67. The Bertz CT molecular complexity index is 784. The van der Waals surface area contributed by atoms with E-state index in [4.69, 9.17) is 14.2 Å². The monoisotopic (exact) mass is 480 g/mol. The van der Waals surface area contributed by atoms with Crippen LogP contribution in [0.1, 0.15) is 76.2 Å². The first-order chi connectivity index (χ1) is 14.2. The zero-order valence-corrected chi connectivity index (χ0v) is 21.8. The van der Waals surface area contributed by atoms with E-state index in [2.05, 4.69) is 0 Å². The van der Waals surface area contributed by atoms with Crippen molar-refractivity contribution in [3.63, 3.8) is 0 Å². The van der Waals surface area contributed by atoms with Gasteiger partial charge in [-0.2, -0.15) is 0 Å². The molecule has 9 atom stereocenters. The van der Waals surface area contributed by atoms with Crippen LogP contribution >= 0.6 is 0 Å². The van der Waals surface area contributed by atoms with Crippen molar-refractivity contribution < 1.29 is 50.0 Å². The third-order valence-corrected chi connectivity index (χ3v) is 9.73.